The number of nitrogens with one attached hydrogen (secondary N) is 2. The normalized spacial score (nSPS) is 18.0. The van der Waals surface area contributed by atoms with Crippen LogP contribution in [0.4, 0.5) is 14.9 Å². The number of carbonyl (C=O) groups is 2. The molecule has 1 saturated heterocycles. The lowest BCUT2D eigenvalue weighted by Crippen LogP contribution is -2.37. The van der Waals surface area contributed by atoms with Gasteiger partial charge in [0.25, 0.3) is 0 Å². The SMILES string of the molecule is O=C(NCC1CCCCO1)Nc1ccc(C(=O)O)c(F)c1. The van der Waals surface area contributed by atoms with Crippen LogP contribution in [0.15, 0.2) is 18.2 Å². The lowest BCUT2D eigenvalue weighted by atomic mass is 10.1. The minimum absolute atomic E-state index is 0.00984. The Morgan fingerprint density at radius 2 is 2.19 bits per heavy atom. The molecule has 2 rings (SSSR count). The Morgan fingerprint density at radius 3 is 2.81 bits per heavy atom. The summed E-state index contributed by atoms with van der Waals surface area (Å²) >= 11 is 0. The first-order valence-electron chi connectivity index (χ1n) is 6.75. The van der Waals surface area contributed by atoms with Crippen molar-refractivity contribution in [2.75, 3.05) is 18.5 Å². The maximum absolute atomic E-state index is 13.5. The molecule has 7 heteroatoms. The summed E-state index contributed by atoms with van der Waals surface area (Å²) in [7, 11) is 0. The first-order valence-corrected chi connectivity index (χ1v) is 6.75. The van der Waals surface area contributed by atoms with Crippen LogP contribution >= 0.6 is 0 Å². The third-order valence-corrected chi connectivity index (χ3v) is 3.22. The van der Waals surface area contributed by atoms with Crippen LogP contribution in [0.25, 0.3) is 0 Å². The summed E-state index contributed by atoms with van der Waals surface area (Å²) in [6.07, 6.45) is 3.03. The second-order valence-electron chi connectivity index (χ2n) is 4.82. The van der Waals surface area contributed by atoms with E-state index in [0.717, 1.165) is 31.4 Å². The summed E-state index contributed by atoms with van der Waals surface area (Å²) < 4.78 is 18.9. The standard InChI is InChI=1S/C14H17FN2O4/c15-12-7-9(4-5-11(12)13(18)19)17-14(20)16-8-10-3-1-2-6-21-10/h4-5,7,10H,1-3,6,8H2,(H,18,19)(H2,16,17,20). The number of carboxylic acids is 1. The molecular weight excluding hydrogens is 279 g/mol. The number of rotatable bonds is 4. The summed E-state index contributed by atoms with van der Waals surface area (Å²) in [5.74, 6) is -2.24. The Bertz CT molecular complexity index is 530. The number of urea groups is 1. The second-order valence-corrected chi connectivity index (χ2v) is 4.82. The first kappa shape index (κ1) is 15.2. The number of hydrogen-bond donors (Lipinski definition) is 3. The van der Waals surface area contributed by atoms with Gasteiger partial charge in [0.15, 0.2) is 0 Å². The van der Waals surface area contributed by atoms with Crippen LogP contribution in [-0.2, 0) is 4.74 Å². The largest absolute Gasteiger partial charge is 0.478 e. The summed E-state index contributed by atoms with van der Waals surface area (Å²) in [4.78, 5) is 22.3. The number of carbonyl (C=O) groups excluding carboxylic acids is 1. The predicted molar refractivity (Wildman–Crippen MR) is 74.0 cm³/mol. The molecule has 0 radical (unpaired) electrons. The number of anilines is 1. The molecule has 1 aromatic rings. The van der Waals surface area contributed by atoms with Crippen LogP contribution in [0.2, 0.25) is 0 Å². The van der Waals surface area contributed by atoms with Crippen LogP contribution in [0, 0.1) is 5.82 Å². The fourth-order valence-corrected chi connectivity index (χ4v) is 2.12. The van der Waals surface area contributed by atoms with E-state index >= 15 is 0 Å². The number of benzene rings is 1. The van der Waals surface area contributed by atoms with Crippen molar-refractivity contribution in [1.82, 2.24) is 5.32 Å². The number of amides is 2. The van der Waals surface area contributed by atoms with Gasteiger partial charge < -0.3 is 20.5 Å². The molecule has 114 valence electrons. The summed E-state index contributed by atoms with van der Waals surface area (Å²) in [5, 5.41) is 13.8. The maximum Gasteiger partial charge on any atom is 0.338 e. The van der Waals surface area contributed by atoms with E-state index in [-0.39, 0.29) is 11.8 Å². The Kier molecular flexibility index (Phi) is 5.10. The molecule has 2 amide bonds. The minimum Gasteiger partial charge on any atom is -0.478 e. The molecule has 6 nitrogen and oxygen atoms in total. The number of hydrogen-bond acceptors (Lipinski definition) is 3. The van der Waals surface area contributed by atoms with E-state index in [9.17, 15) is 14.0 Å². The van der Waals surface area contributed by atoms with Crippen LogP contribution < -0.4 is 10.6 Å². The maximum atomic E-state index is 13.5. The van der Waals surface area contributed by atoms with Crippen LogP contribution in [0.3, 0.4) is 0 Å². The van der Waals surface area contributed by atoms with E-state index in [1.54, 1.807) is 0 Å². The van der Waals surface area contributed by atoms with Gasteiger partial charge in [0.05, 0.1) is 11.7 Å². The molecule has 1 atom stereocenters. The summed E-state index contributed by atoms with van der Waals surface area (Å²) in [6, 6.07) is 2.94. The highest BCUT2D eigenvalue weighted by atomic mass is 19.1. The second kappa shape index (κ2) is 7.03. The Labute approximate surface area is 121 Å². The third kappa shape index (κ3) is 4.42. The van der Waals surface area contributed by atoms with E-state index < -0.39 is 23.4 Å². The number of aromatic carboxylic acids is 1. The van der Waals surface area contributed by atoms with Crippen molar-refractivity contribution in [2.45, 2.75) is 25.4 Å². The van der Waals surface area contributed by atoms with E-state index in [4.69, 9.17) is 9.84 Å². The van der Waals surface area contributed by atoms with Gasteiger partial charge in [-0.3, -0.25) is 0 Å². The highest BCUT2D eigenvalue weighted by molar-refractivity contribution is 5.91. The predicted octanol–water partition coefficient (Wildman–Crippen LogP) is 2.21. The molecular formula is C14H17FN2O4. The quantitative estimate of drug-likeness (QED) is 0.795. The minimum atomic E-state index is -1.35. The summed E-state index contributed by atoms with van der Waals surface area (Å²) in [5.41, 5.74) is -0.240. The molecule has 1 aliphatic rings. The van der Waals surface area contributed by atoms with Gasteiger partial charge in [-0.1, -0.05) is 0 Å². The molecule has 0 bridgehead atoms. The van der Waals surface area contributed by atoms with Crippen molar-refractivity contribution >= 4 is 17.7 Å². The highest BCUT2D eigenvalue weighted by Crippen LogP contribution is 2.15. The lowest BCUT2D eigenvalue weighted by molar-refractivity contribution is 0.0187. The van der Waals surface area contributed by atoms with Crippen molar-refractivity contribution in [1.29, 1.82) is 0 Å². The first-order chi connectivity index (χ1) is 10.1. The Hall–Kier alpha value is -2.15. The molecule has 1 aromatic carbocycles. The number of carboxylic acid groups (broad SMARTS) is 1. The van der Waals surface area contributed by atoms with Gasteiger partial charge in [-0.05, 0) is 37.5 Å². The van der Waals surface area contributed by atoms with Crippen LogP contribution in [0.5, 0.6) is 0 Å². The third-order valence-electron chi connectivity index (χ3n) is 3.22. The van der Waals surface area contributed by atoms with Crippen molar-refractivity contribution < 1.29 is 23.8 Å². The molecule has 1 fully saturated rings. The van der Waals surface area contributed by atoms with Gasteiger partial charge >= 0.3 is 12.0 Å². The zero-order valence-corrected chi connectivity index (χ0v) is 11.4. The van der Waals surface area contributed by atoms with Crippen molar-refractivity contribution in [3.63, 3.8) is 0 Å². The van der Waals surface area contributed by atoms with Crippen LogP contribution in [-0.4, -0.2) is 36.4 Å². The zero-order valence-electron chi connectivity index (χ0n) is 11.4. The fraction of sp³-hybridized carbons (Fsp3) is 0.429. The molecule has 1 heterocycles. The molecule has 0 aromatic heterocycles. The van der Waals surface area contributed by atoms with Crippen molar-refractivity contribution in [3.8, 4) is 0 Å². The average Bonchev–Trinajstić information content (AvgIpc) is 2.46. The number of ether oxygens (including phenoxy) is 1. The van der Waals surface area contributed by atoms with Gasteiger partial charge in [0.1, 0.15) is 5.82 Å². The Morgan fingerprint density at radius 1 is 1.38 bits per heavy atom. The molecule has 0 spiro atoms. The van der Waals surface area contributed by atoms with Gasteiger partial charge in [-0.2, -0.15) is 0 Å². The molecule has 1 aliphatic heterocycles. The highest BCUT2D eigenvalue weighted by Gasteiger charge is 2.15. The zero-order chi connectivity index (χ0) is 15.2. The van der Waals surface area contributed by atoms with Crippen LogP contribution in [0.1, 0.15) is 29.6 Å². The van der Waals surface area contributed by atoms with Gasteiger partial charge in [0.2, 0.25) is 0 Å². The van der Waals surface area contributed by atoms with E-state index in [2.05, 4.69) is 10.6 Å². The Balaban J connectivity index is 1.84. The number of halogens is 1. The van der Waals surface area contributed by atoms with E-state index in [1.165, 1.54) is 6.07 Å². The van der Waals surface area contributed by atoms with Gasteiger partial charge in [-0.25, -0.2) is 14.0 Å². The van der Waals surface area contributed by atoms with Gasteiger partial charge in [0, 0.05) is 18.8 Å². The molecule has 3 N–H and O–H groups in total. The topological polar surface area (TPSA) is 87.7 Å². The molecule has 0 aliphatic carbocycles. The molecule has 0 saturated carbocycles. The average molecular weight is 296 g/mol. The van der Waals surface area contributed by atoms with E-state index in [1.807, 2.05) is 0 Å². The molecule has 21 heavy (non-hydrogen) atoms. The van der Waals surface area contributed by atoms with Gasteiger partial charge in [-0.15, -0.1) is 0 Å². The fourth-order valence-electron chi connectivity index (χ4n) is 2.12. The lowest BCUT2D eigenvalue weighted by Gasteiger charge is -2.22. The summed E-state index contributed by atoms with van der Waals surface area (Å²) in [6.45, 7) is 1.09. The van der Waals surface area contributed by atoms with Crippen molar-refractivity contribution in [3.05, 3.63) is 29.6 Å². The van der Waals surface area contributed by atoms with Crippen molar-refractivity contribution in [2.24, 2.45) is 0 Å². The monoisotopic (exact) mass is 296 g/mol. The van der Waals surface area contributed by atoms with E-state index in [0.29, 0.717) is 13.2 Å². The smallest absolute Gasteiger partial charge is 0.338 e. The molecule has 1 unspecified atom stereocenters.